The molecule has 2 heterocycles. The van der Waals surface area contributed by atoms with Gasteiger partial charge in [-0.2, -0.15) is 0 Å². The number of anilines is 1. The van der Waals surface area contributed by atoms with Gasteiger partial charge in [0.1, 0.15) is 11.9 Å². The highest BCUT2D eigenvalue weighted by atomic mass is 35.5. The van der Waals surface area contributed by atoms with Gasteiger partial charge in [-0.1, -0.05) is 23.2 Å². The fourth-order valence-electron chi connectivity index (χ4n) is 2.42. The Labute approximate surface area is 154 Å². The van der Waals surface area contributed by atoms with Crippen molar-refractivity contribution in [1.82, 2.24) is 9.97 Å². The van der Waals surface area contributed by atoms with E-state index < -0.39 is 11.9 Å². The highest BCUT2D eigenvalue weighted by Gasteiger charge is 2.20. The van der Waals surface area contributed by atoms with Gasteiger partial charge in [-0.05, 0) is 42.8 Å². The average Bonchev–Trinajstić information content (AvgIpc) is 2.61. The van der Waals surface area contributed by atoms with E-state index in [2.05, 4.69) is 9.97 Å². The minimum Gasteiger partial charge on any atom is -0.482 e. The first-order valence-electron chi connectivity index (χ1n) is 7.43. The predicted molar refractivity (Wildman–Crippen MR) is 97.3 cm³/mol. The minimum atomic E-state index is -0.618. The number of nitrogen functional groups attached to an aromatic ring is 1. The van der Waals surface area contributed by atoms with Gasteiger partial charge in [-0.3, -0.25) is 4.98 Å². The summed E-state index contributed by atoms with van der Waals surface area (Å²) in [6, 6.07) is 8.10. The molecule has 0 amide bonds. The SMILES string of the molecule is CC(Oc1cc(-c2ccncc2)cnc1N)c1c(Cl)ccc(F)c1Cl. The third-order valence-corrected chi connectivity index (χ3v) is 4.40. The van der Waals surface area contributed by atoms with Gasteiger partial charge in [0.25, 0.3) is 0 Å². The van der Waals surface area contributed by atoms with E-state index in [1.165, 1.54) is 12.1 Å². The first-order valence-corrected chi connectivity index (χ1v) is 8.19. The molecule has 25 heavy (non-hydrogen) atoms. The minimum absolute atomic E-state index is 0.0724. The van der Waals surface area contributed by atoms with Gasteiger partial charge in [-0.15, -0.1) is 0 Å². The highest BCUT2D eigenvalue weighted by molar-refractivity contribution is 6.36. The molecule has 3 rings (SSSR count). The Morgan fingerprint density at radius 3 is 2.56 bits per heavy atom. The molecule has 4 nitrogen and oxygen atoms in total. The molecular weight excluding hydrogens is 364 g/mol. The third kappa shape index (κ3) is 3.67. The predicted octanol–water partition coefficient (Wildman–Crippen LogP) is 5.31. The third-order valence-electron chi connectivity index (χ3n) is 3.69. The quantitative estimate of drug-likeness (QED) is 0.625. The van der Waals surface area contributed by atoms with Crippen LogP contribution in [0.25, 0.3) is 11.1 Å². The van der Waals surface area contributed by atoms with Crippen LogP contribution >= 0.6 is 23.2 Å². The average molecular weight is 378 g/mol. The van der Waals surface area contributed by atoms with E-state index >= 15 is 0 Å². The van der Waals surface area contributed by atoms with Gasteiger partial charge in [0.2, 0.25) is 0 Å². The zero-order valence-corrected chi connectivity index (χ0v) is 14.7. The standard InChI is InChI=1S/C18H14Cl2FN3O/c1-10(16-13(19)2-3-14(21)17(16)20)25-15-8-12(9-24-18(15)22)11-4-6-23-7-5-11/h2-10H,1H3,(H2,22,24). The van der Waals surface area contributed by atoms with Gasteiger partial charge < -0.3 is 10.5 Å². The van der Waals surface area contributed by atoms with E-state index in [9.17, 15) is 4.39 Å². The second-order valence-corrected chi connectivity index (χ2v) is 6.15. The maximum absolute atomic E-state index is 13.7. The second-order valence-electron chi connectivity index (χ2n) is 5.36. The zero-order valence-electron chi connectivity index (χ0n) is 13.2. The normalized spacial score (nSPS) is 12.0. The number of rotatable bonds is 4. The number of pyridine rings is 2. The van der Waals surface area contributed by atoms with E-state index in [1.54, 1.807) is 31.6 Å². The smallest absolute Gasteiger partial charge is 0.166 e. The van der Waals surface area contributed by atoms with Gasteiger partial charge in [0.15, 0.2) is 11.6 Å². The molecule has 0 fully saturated rings. The van der Waals surface area contributed by atoms with Crippen molar-refractivity contribution in [2.45, 2.75) is 13.0 Å². The molecule has 3 aromatic rings. The summed E-state index contributed by atoms with van der Waals surface area (Å²) in [6.45, 7) is 1.71. The molecule has 1 aromatic carbocycles. The fraction of sp³-hybridized carbons (Fsp3) is 0.111. The first-order chi connectivity index (χ1) is 12.0. The van der Waals surface area contributed by atoms with Crippen LogP contribution in [0.3, 0.4) is 0 Å². The summed E-state index contributed by atoms with van der Waals surface area (Å²) in [5.74, 6) is 0.0136. The van der Waals surface area contributed by atoms with Crippen LogP contribution in [0.15, 0.2) is 48.9 Å². The number of benzene rings is 1. The van der Waals surface area contributed by atoms with Crippen molar-refractivity contribution in [3.8, 4) is 16.9 Å². The topological polar surface area (TPSA) is 61.0 Å². The van der Waals surface area contributed by atoms with E-state index in [1.807, 2.05) is 12.1 Å². The molecular formula is C18H14Cl2FN3O. The molecule has 0 saturated heterocycles. The summed E-state index contributed by atoms with van der Waals surface area (Å²) < 4.78 is 19.6. The Morgan fingerprint density at radius 2 is 1.84 bits per heavy atom. The molecule has 2 N–H and O–H groups in total. The van der Waals surface area contributed by atoms with E-state index in [-0.39, 0.29) is 10.8 Å². The van der Waals surface area contributed by atoms with Crippen molar-refractivity contribution < 1.29 is 9.13 Å². The highest BCUT2D eigenvalue weighted by Crippen LogP contribution is 2.36. The molecule has 128 valence electrons. The summed E-state index contributed by atoms with van der Waals surface area (Å²) in [4.78, 5) is 8.14. The van der Waals surface area contributed by atoms with Crippen molar-refractivity contribution >= 4 is 29.0 Å². The lowest BCUT2D eigenvalue weighted by molar-refractivity contribution is 0.227. The zero-order chi connectivity index (χ0) is 18.0. The van der Waals surface area contributed by atoms with Gasteiger partial charge >= 0.3 is 0 Å². The van der Waals surface area contributed by atoms with Crippen LogP contribution in [0.1, 0.15) is 18.6 Å². The Morgan fingerprint density at radius 1 is 1.12 bits per heavy atom. The first kappa shape index (κ1) is 17.5. The molecule has 0 aliphatic rings. The number of nitrogens with two attached hydrogens (primary N) is 1. The molecule has 0 aliphatic carbocycles. The maximum Gasteiger partial charge on any atom is 0.166 e. The summed E-state index contributed by atoms with van der Waals surface area (Å²) in [5, 5.41) is 0.243. The van der Waals surface area contributed by atoms with E-state index in [0.717, 1.165) is 11.1 Å². The van der Waals surface area contributed by atoms with Crippen LogP contribution in [-0.2, 0) is 0 Å². The molecule has 1 atom stereocenters. The maximum atomic E-state index is 13.7. The van der Waals surface area contributed by atoms with Crippen LogP contribution < -0.4 is 10.5 Å². The molecule has 0 saturated carbocycles. The van der Waals surface area contributed by atoms with Crippen LogP contribution in [0.2, 0.25) is 10.0 Å². The Hall–Kier alpha value is -2.37. The number of aromatic nitrogens is 2. The number of halogens is 3. The van der Waals surface area contributed by atoms with Gasteiger partial charge in [0, 0.05) is 34.7 Å². The van der Waals surface area contributed by atoms with E-state index in [0.29, 0.717) is 16.3 Å². The lowest BCUT2D eigenvalue weighted by Gasteiger charge is -2.19. The van der Waals surface area contributed by atoms with Crippen molar-refractivity contribution in [2.24, 2.45) is 0 Å². The van der Waals surface area contributed by atoms with Gasteiger partial charge in [-0.25, -0.2) is 9.37 Å². The largest absolute Gasteiger partial charge is 0.482 e. The summed E-state index contributed by atoms with van der Waals surface area (Å²) in [5.41, 5.74) is 8.00. The number of nitrogens with zero attached hydrogens (tertiary/aromatic N) is 2. The Bertz CT molecular complexity index is 906. The Kier molecular flexibility index (Phi) is 5.06. The van der Waals surface area contributed by atoms with Crippen molar-refractivity contribution in [2.75, 3.05) is 5.73 Å². The second kappa shape index (κ2) is 7.25. The Balaban J connectivity index is 1.94. The van der Waals surface area contributed by atoms with Crippen LogP contribution in [-0.4, -0.2) is 9.97 Å². The van der Waals surface area contributed by atoms with Crippen molar-refractivity contribution in [3.63, 3.8) is 0 Å². The van der Waals surface area contributed by atoms with Gasteiger partial charge in [0.05, 0.1) is 5.02 Å². The van der Waals surface area contributed by atoms with E-state index in [4.69, 9.17) is 33.7 Å². The molecule has 0 aliphatic heterocycles. The molecule has 0 bridgehead atoms. The number of ether oxygens (including phenoxy) is 1. The molecule has 7 heteroatoms. The fourth-order valence-corrected chi connectivity index (χ4v) is 3.09. The number of hydrogen-bond acceptors (Lipinski definition) is 4. The summed E-state index contributed by atoms with van der Waals surface area (Å²) >= 11 is 12.2. The molecule has 0 radical (unpaired) electrons. The summed E-state index contributed by atoms with van der Waals surface area (Å²) in [7, 11) is 0. The molecule has 2 aromatic heterocycles. The molecule has 0 spiro atoms. The summed E-state index contributed by atoms with van der Waals surface area (Å²) in [6.07, 6.45) is 4.39. The van der Waals surface area contributed by atoms with Crippen LogP contribution in [0, 0.1) is 5.82 Å². The monoisotopic (exact) mass is 377 g/mol. The number of hydrogen-bond donors (Lipinski definition) is 1. The molecule has 1 unspecified atom stereocenters. The lowest BCUT2D eigenvalue weighted by atomic mass is 10.1. The lowest BCUT2D eigenvalue weighted by Crippen LogP contribution is -2.08. The van der Waals surface area contributed by atoms with Crippen molar-refractivity contribution in [1.29, 1.82) is 0 Å². The van der Waals surface area contributed by atoms with Crippen LogP contribution in [0.5, 0.6) is 5.75 Å². The van der Waals surface area contributed by atoms with Crippen LogP contribution in [0.4, 0.5) is 10.2 Å². The van der Waals surface area contributed by atoms with Crippen molar-refractivity contribution in [3.05, 3.63) is 70.3 Å².